The summed E-state index contributed by atoms with van der Waals surface area (Å²) in [5, 5.41) is 10.4. The average molecular weight is 639 g/mol. The summed E-state index contributed by atoms with van der Waals surface area (Å²) >= 11 is 1.67. The van der Waals surface area contributed by atoms with Gasteiger partial charge in [-0.25, -0.2) is 18.1 Å². The number of rotatable bonds is 11. The van der Waals surface area contributed by atoms with Crippen LogP contribution in [0, 0.1) is 0 Å². The van der Waals surface area contributed by atoms with Crippen molar-refractivity contribution in [3.8, 4) is 11.1 Å². The minimum absolute atomic E-state index is 0.000559. The van der Waals surface area contributed by atoms with E-state index in [-0.39, 0.29) is 30.3 Å². The standard InChI is InChI=1S/C36H34N2O5S2/c39-24-26-12-14-29(15-13-26)34-22-32(25-44-35-11-4-5-20-37-35)42-36(43-34)30-18-16-28(17-19-30)31-8-6-7-27(21-31)23-38-45(40,41)33-9-2-1-3-10-33/h1-21,32,34,36,38-39H,22-25H2/t32-,34+,36+/m0/s1. The van der Waals surface area contributed by atoms with E-state index in [2.05, 4.69) is 9.71 Å². The van der Waals surface area contributed by atoms with E-state index < -0.39 is 16.3 Å². The highest BCUT2D eigenvalue weighted by molar-refractivity contribution is 7.99. The minimum atomic E-state index is -3.60. The van der Waals surface area contributed by atoms with Crippen LogP contribution < -0.4 is 4.72 Å². The summed E-state index contributed by atoms with van der Waals surface area (Å²) in [6.45, 7) is 0.185. The van der Waals surface area contributed by atoms with Gasteiger partial charge in [-0.2, -0.15) is 0 Å². The van der Waals surface area contributed by atoms with Crippen LogP contribution in [0.2, 0.25) is 0 Å². The number of benzene rings is 4. The maximum absolute atomic E-state index is 12.7. The molecule has 1 fully saturated rings. The Morgan fingerprint density at radius 2 is 1.53 bits per heavy atom. The van der Waals surface area contributed by atoms with Crippen molar-refractivity contribution in [2.24, 2.45) is 0 Å². The smallest absolute Gasteiger partial charge is 0.240 e. The van der Waals surface area contributed by atoms with Gasteiger partial charge in [0.1, 0.15) is 0 Å². The van der Waals surface area contributed by atoms with Gasteiger partial charge in [-0.15, -0.1) is 11.8 Å². The number of thioether (sulfide) groups is 1. The Kier molecular flexibility index (Phi) is 10.0. The zero-order chi connectivity index (χ0) is 31.1. The van der Waals surface area contributed by atoms with E-state index in [4.69, 9.17) is 9.47 Å². The molecule has 45 heavy (non-hydrogen) atoms. The molecule has 0 bridgehead atoms. The summed E-state index contributed by atoms with van der Waals surface area (Å²) in [6.07, 6.45) is 1.72. The third-order valence-corrected chi connectivity index (χ3v) is 10.1. The van der Waals surface area contributed by atoms with Gasteiger partial charge in [-0.05, 0) is 58.1 Å². The third-order valence-electron chi connectivity index (χ3n) is 7.63. The van der Waals surface area contributed by atoms with E-state index in [1.807, 2.05) is 91.0 Å². The molecule has 2 heterocycles. The third kappa shape index (κ3) is 8.07. The van der Waals surface area contributed by atoms with Crippen LogP contribution in [-0.2, 0) is 32.6 Å². The van der Waals surface area contributed by atoms with Crippen molar-refractivity contribution in [3.05, 3.63) is 150 Å². The Bertz CT molecular complexity index is 1790. The second-order valence-corrected chi connectivity index (χ2v) is 13.6. The summed E-state index contributed by atoms with van der Waals surface area (Å²) in [7, 11) is -3.60. The summed E-state index contributed by atoms with van der Waals surface area (Å²) < 4.78 is 41.0. The van der Waals surface area contributed by atoms with Crippen LogP contribution >= 0.6 is 11.8 Å². The van der Waals surface area contributed by atoms with Crippen molar-refractivity contribution in [2.45, 2.75) is 48.0 Å². The van der Waals surface area contributed by atoms with Gasteiger partial charge in [-0.1, -0.05) is 91.0 Å². The summed E-state index contributed by atoms with van der Waals surface area (Å²) in [4.78, 5) is 4.68. The number of aliphatic hydroxyl groups excluding tert-OH is 1. The van der Waals surface area contributed by atoms with Crippen LogP contribution in [0.4, 0.5) is 0 Å². The van der Waals surface area contributed by atoms with E-state index in [0.717, 1.165) is 44.2 Å². The van der Waals surface area contributed by atoms with Gasteiger partial charge in [0.05, 0.1) is 28.7 Å². The highest BCUT2D eigenvalue weighted by Gasteiger charge is 2.32. The Labute approximate surface area is 268 Å². The quantitative estimate of drug-likeness (QED) is 0.150. The molecule has 0 saturated carbocycles. The van der Waals surface area contributed by atoms with Crippen LogP contribution in [0.3, 0.4) is 0 Å². The minimum Gasteiger partial charge on any atom is -0.392 e. The van der Waals surface area contributed by atoms with Crippen molar-refractivity contribution in [3.63, 3.8) is 0 Å². The fourth-order valence-electron chi connectivity index (χ4n) is 5.19. The summed E-state index contributed by atoms with van der Waals surface area (Å²) in [6, 6.07) is 38.1. The highest BCUT2D eigenvalue weighted by atomic mass is 32.2. The van der Waals surface area contributed by atoms with Gasteiger partial charge in [0.25, 0.3) is 0 Å². The Hall–Kier alpha value is -3.83. The van der Waals surface area contributed by atoms with Gasteiger partial charge in [0.2, 0.25) is 10.0 Å². The first-order chi connectivity index (χ1) is 22.0. The van der Waals surface area contributed by atoms with Gasteiger partial charge in [0, 0.05) is 30.5 Å². The first-order valence-corrected chi connectivity index (χ1v) is 17.2. The lowest BCUT2D eigenvalue weighted by Crippen LogP contribution is -2.31. The van der Waals surface area contributed by atoms with E-state index in [1.54, 1.807) is 48.3 Å². The van der Waals surface area contributed by atoms with Crippen LogP contribution in [0.25, 0.3) is 11.1 Å². The lowest BCUT2D eigenvalue weighted by atomic mass is 9.99. The first kappa shape index (κ1) is 31.2. The maximum atomic E-state index is 12.7. The van der Waals surface area contributed by atoms with E-state index in [1.165, 1.54) is 0 Å². The number of aromatic nitrogens is 1. The number of pyridine rings is 1. The zero-order valence-electron chi connectivity index (χ0n) is 24.5. The van der Waals surface area contributed by atoms with Crippen molar-refractivity contribution in [1.29, 1.82) is 0 Å². The zero-order valence-corrected chi connectivity index (χ0v) is 26.2. The molecule has 230 valence electrons. The topological polar surface area (TPSA) is 97.8 Å². The molecule has 7 nitrogen and oxygen atoms in total. The molecule has 6 rings (SSSR count). The number of nitrogens with zero attached hydrogens (tertiary/aromatic N) is 1. The molecular formula is C36H34N2O5S2. The molecule has 1 aromatic heterocycles. The summed E-state index contributed by atoms with van der Waals surface area (Å²) in [5.41, 5.74) is 5.66. The molecule has 0 spiro atoms. The molecule has 1 saturated heterocycles. The number of hydrogen-bond acceptors (Lipinski definition) is 7. The van der Waals surface area contributed by atoms with E-state index >= 15 is 0 Å². The molecule has 0 aliphatic carbocycles. The normalized spacial score (nSPS) is 18.5. The molecule has 1 aliphatic rings. The monoisotopic (exact) mass is 638 g/mol. The number of nitrogens with one attached hydrogen (secondary N) is 1. The molecule has 0 unspecified atom stereocenters. The highest BCUT2D eigenvalue weighted by Crippen LogP contribution is 2.39. The van der Waals surface area contributed by atoms with Gasteiger partial charge in [0.15, 0.2) is 6.29 Å². The van der Waals surface area contributed by atoms with E-state index in [9.17, 15) is 13.5 Å². The molecule has 1 aliphatic heterocycles. The average Bonchev–Trinajstić information content (AvgIpc) is 3.11. The molecular weight excluding hydrogens is 605 g/mol. The lowest BCUT2D eigenvalue weighted by molar-refractivity contribution is -0.245. The largest absolute Gasteiger partial charge is 0.392 e. The fraction of sp³-hybridized carbons (Fsp3) is 0.194. The van der Waals surface area contributed by atoms with Crippen molar-refractivity contribution < 1.29 is 23.0 Å². The van der Waals surface area contributed by atoms with Crippen LogP contribution in [0.5, 0.6) is 0 Å². The molecule has 9 heteroatoms. The van der Waals surface area contributed by atoms with Gasteiger partial charge in [-0.3, -0.25) is 0 Å². The van der Waals surface area contributed by atoms with Crippen molar-refractivity contribution in [1.82, 2.24) is 9.71 Å². The molecule has 5 aromatic rings. The number of aliphatic hydroxyl groups is 1. The molecule has 3 atom stereocenters. The molecule has 0 radical (unpaired) electrons. The van der Waals surface area contributed by atoms with Crippen molar-refractivity contribution >= 4 is 21.8 Å². The Morgan fingerprint density at radius 3 is 2.27 bits per heavy atom. The number of sulfonamides is 1. The molecule has 0 amide bonds. The van der Waals surface area contributed by atoms with Crippen LogP contribution in [-0.4, -0.2) is 30.4 Å². The Balaban J connectivity index is 1.16. The predicted octanol–water partition coefficient (Wildman–Crippen LogP) is 7.06. The predicted molar refractivity (Wildman–Crippen MR) is 176 cm³/mol. The lowest BCUT2D eigenvalue weighted by Gasteiger charge is -2.36. The first-order valence-electron chi connectivity index (χ1n) is 14.8. The summed E-state index contributed by atoms with van der Waals surface area (Å²) in [5.74, 6) is 0.737. The number of ether oxygens (including phenoxy) is 2. The molecule has 2 N–H and O–H groups in total. The Morgan fingerprint density at radius 1 is 0.778 bits per heavy atom. The second-order valence-electron chi connectivity index (χ2n) is 10.8. The van der Waals surface area contributed by atoms with Crippen LogP contribution in [0.1, 0.15) is 41.1 Å². The van der Waals surface area contributed by atoms with Crippen molar-refractivity contribution in [2.75, 3.05) is 5.75 Å². The van der Waals surface area contributed by atoms with Gasteiger partial charge < -0.3 is 14.6 Å². The maximum Gasteiger partial charge on any atom is 0.240 e. The van der Waals surface area contributed by atoms with Crippen LogP contribution in [0.15, 0.2) is 137 Å². The number of hydrogen-bond donors (Lipinski definition) is 2. The molecule has 4 aromatic carbocycles. The van der Waals surface area contributed by atoms with Gasteiger partial charge >= 0.3 is 0 Å². The van der Waals surface area contributed by atoms with E-state index in [0.29, 0.717) is 6.42 Å². The SMILES string of the molecule is O=S(=O)(NCc1cccc(-c2ccc([C@@H]3O[C@H](CSc4ccccn4)C[C@H](c4ccc(CO)cc4)O3)cc2)c1)c1ccccc1. The fourth-order valence-corrected chi connectivity index (χ4v) is 7.11. The second kappa shape index (κ2) is 14.5.